The summed E-state index contributed by atoms with van der Waals surface area (Å²) in [5, 5.41) is 9.54. The fourth-order valence-electron chi connectivity index (χ4n) is 5.26. The lowest BCUT2D eigenvalue weighted by molar-refractivity contribution is -0.139. The Morgan fingerprint density at radius 3 is 2.68 bits per heavy atom. The van der Waals surface area contributed by atoms with Gasteiger partial charge >= 0.3 is 5.97 Å². The SMILES string of the molecule is CO[C@@H](c1cc(COc2ccc3c(c2)C2(CCC3)CC2C(=O)O)ccc1Br)C(C)(C)C. The molecule has 0 aliphatic heterocycles. The van der Waals surface area contributed by atoms with E-state index in [4.69, 9.17) is 9.47 Å². The minimum Gasteiger partial charge on any atom is -0.489 e. The molecule has 0 radical (unpaired) electrons. The predicted octanol–water partition coefficient (Wildman–Crippen LogP) is 6.44. The normalized spacial score (nSPS) is 23.3. The molecule has 2 aromatic carbocycles. The van der Waals surface area contributed by atoms with Crippen molar-refractivity contribution in [1.82, 2.24) is 0 Å². The highest BCUT2D eigenvalue weighted by Gasteiger charge is 2.60. The quantitative estimate of drug-likeness (QED) is 0.510. The highest BCUT2D eigenvalue weighted by Crippen LogP contribution is 2.60. The van der Waals surface area contributed by atoms with Crippen molar-refractivity contribution < 1.29 is 19.4 Å². The van der Waals surface area contributed by atoms with Crippen molar-refractivity contribution in [2.75, 3.05) is 7.11 Å². The van der Waals surface area contributed by atoms with E-state index in [9.17, 15) is 9.90 Å². The lowest BCUT2D eigenvalue weighted by atomic mass is 9.78. The highest BCUT2D eigenvalue weighted by atomic mass is 79.9. The van der Waals surface area contributed by atoms with Gasteiger partial charge in [0.2, 0.25) is 0 Å². The van der Waals surface area contributed by atoms with E-state index in [2.05, 4.69) is 67.0 Å². The molecule has 2 aliphatic rings. The second-order valence-electron chi connectivity index (χ2n) is 10.0. The van der Waals surface area contributed by atoms with Gasteiger partial charge in [-0.25, -0.2) is 0 Å². The molecule has 0 heterocycles. The molecular formula is C26H31BrO4. The molecule has 4 nitrogen and oxygen atoms in total. The van der Waals surface area contributed by atoms with Crippen LogP contribution in [0.5, 0.6) is 5.75 Å². The van der Waals surface area contributed by atoms with Gasteiger partial charge in [0, 0.05) is 17.0 Å². The topological polar surface area (TPSA) is 55.8 Å². The number of carbonyl (C=O) groups is 1. The molecule has 3 atom stereocenters. The van der Waals surface area contributed by atoms with Gasteiger partial charge in [0.05, 0.1) is 12.0 Å². The number of benzene rings is 2. The van der Waals surface area contributed by atoms with Gasteiger partial charge in [-0.15, -0.1) is 0 Å². The fraction of sp³-hybridized carbons (Fsp3) is 0.500. The van der Waals surface area contributed by atoms with Gasteiger partial charge in [-0.2, -0.15) is 0 Å². The summed E-state index contributed by atoms with van der Waals surface area (Å²) in [6.07, 6.45) is 3.76. The van der Waals surface area contributed by atoms with Gasteiger partial charge in [-0.05, 0) is 77.6 Å². The summed E-state index contributed by atoms with van der Waals surface area (Å²) >= 11 is 3.67. The van der Waals surface area contributed by atoms with Crippen LogP contribution >= 0.6 is 15.9 Å². The summed E-state index contributed by atoms with van der Waals surface area (Å²) in [5.74, 6) is -0.119. The van der Waals surface area contributed by atoms with Crippen LogP contribution in [0.2, 0.25) is 0 Å². The summed E-state index contributed by atoms with van der Waals surface area (Å²) in [6, 6.07) is 12.5. The first kappa shape index (κ1) is 22.3. The monoisotopic (exact) mass is 486 g/mol. The van der Waals surface area contributed by atoms with E-state index >= 15 is 0 Å². The van der Waals surface area contributed by atoms with Crippen molar-refractivity contribution in [2.24, 2.45) is 11.3 Å². The minimum absolute atomic E-state index is 0.0332. The number of aliphatic carboxylic acids is 1. The van der Waals surface area contributed by atoms with Gasteiger partial charge in [0.1, 0.15) is 12.4 Å². The van der Waals surface area contributed by atoms with Crippen LogP contribution in [-0.4, -0.2) is 18.2 Å². The molecule has 166 valence electrons. The zero-order valence-electron chi connectivity index (χ0n) is 18.7. The molecule has 2 aliphatic carbocycles. The van der Waals surface area contributed by atoms with Crippen molar-refractivity contribution >= 4 is 21.9 Å². The van der Waals surface area contributed by atoms with E-state index < -0.39 is 5.97 Å². The van der Waals surface area contributed by atoms with Crippen molar-refractivity contribution in [3.8, 4) is 5.75 Å². The average molecular weight is 487 g/mol. The average Bonchev–Trinajstić information content (AvgIpc) is 3.43. The number of carboxylic acid groups (broad SMARTS) is 1. The maximum atomic E-state index is 11.6. The van der Waals surface area contributed by atoms with Gasteiger partial charge in [0.25, 0.3) is 0 Å². The largest absolute Gasteiger partial charge is 0.489 e. The third-order valence-corrected chi connectivity index (χ3v) is 7.55. The Morgan fingerprint density at radius 2 is 2.03 bits per heavy atom. The Morgan fingerprint density at radius 1 is 1.26 bits per heavy atom. The van der Waals surface area contributed by atoms with Crippen molar-refractivity contribution in [1.29, 1.82) is 0 Å². The van der Waals surface area contributed by atoms with Gasteiger partial charge in [0.15, 0.2) is 0 Å². The van der Waals surface area contributed by atoms with Crippen LogP contribution in [0.3, 0.4) is 0 Å². The summed E-state index contributed by atoms with van der Waals surface area (Å²) in [6.45, 7) is 6.96. The standard InChI is InChI=1S/C26H31BrO4/c1-25(2,3)23(30-4)19-12-16(7-10-22(19)27)15-31-18-9-8-17-6-5-11-26(20(17)13-18)14-21(26)24(28)29/h7-10,12-13,21,23H,5-6,11,14-15H2,1-4H3,(H,28,29)/t21?,23-,26?/m0/s1. The maximum Gasteiger partial charge on any atom is 0.307 e. The van der Waals surface area contributed by atoms with E-state index in [1.807, 2.05) is 6.07 Å². The number of methoxy groups -OCH3 is 1. The molecule has 1 spiro atoms. The number of aryl methyl sites for hydroxylation is 1. The first-order valence-corrected chi connectivity index (χ1v) is 11.7. The van der Waals surface area contributed by atoms with Crippen LogP contribution in [-0.2, 0) is 28.0 Å². The second kappa shape index (κ2) is 8.25. The molecular weight excluding hydrogens is 456 g/mol. The zero-order chi connectivity index (χ0) is 22.4. The van der Waals surface area contributed by atoms with Gasteiger partial charge in [-0.3, -0.25) is 4.79 Å². The lowest BCUT2D eigenvalue weighted by Gasteiger charge is -2.30. The number of fused-ring (bicyclic) bond motifs is 2. The molecule has 0 aromatic heterocycles. The lowest BCUT2D eigenvalue weighted by Crippen LogP contribution is -2.21. The first-order chi connectivity index (χ1) is 14.7. The van der Waals surface area contributed by atoms with E-state index in [0.717, 1.165) is 47.0 Å². The van der Waals surface area contributed by atoms with E-state index in [0.29, 0.717) is 6.61 Å². The maximum absolute atomic E-state index is 11.6. The van der Waals surface area contributed by atoms with Crippen LogP contribution < -0.4 is 4.74 Å². The van der Waals surface area contributed by atoms with Crippen LogP contribution in [0, 0.1) is 11.3 Å². The van der Waals surface area contributed by atoms with Crippen LogP contribution in [0.4, 0.5) is 0 Å². The zero-order valence-corrected chi connectivity index (χ0v) is 20.3. The number of hydrogen-bond donors (Lipinski definition) is 1. The molecule has 2 unspecified atom stereocenters. The van der Waals surface area contributed by atoms with E-state index in [1.165, 1.54) is 11.1 Å². The fourth-order valence-corrected chi connectivity index (χ4v) is 5.71. The molecule has 4 rings (SSSR count). The molecule has 1 saturated carbocycles. The molecule has 1 N–H and O–H groups in total. The Labute approximate surface area is 193 Å². The minimum atomic E-state index is -0.673. The summed E-state index contributed by atoms with van der Waals surface area (Å²) in [5.41, 5.74) is 4.44. The summed E-state index contributed by atoms with van der Waals surface area (Å²) < 4.78 is 13.0. The number of halogens is 1. The van der Waals surface area contributed by atoms with Crippen LogP contribution in [0.1, 0.15) is 68.4 Å². The molecule has 0 bridgehead atoms. The predicted molar refractivity (Wildman–Crippen MR) is 124 cm³/mol. The molecule has 1 fully saturated rings. The molecule has 0 amide bonds. The summed E-state index contributed by atoms with van der Waals surface area (Å²) in [7, 11) is 1.75. The summed E-state index contributed by atoms with van der Waals surface area (Å²) in [4.78, 5) is 11.6. The number of ether oxygens (including phenoxy) is 2. The Kier molecular flexibility index (Phi) is 5.95. The Bertz CT molecular complexity index is 993. The molecule has 2 aromatic rings. The van der Waals surface area contributed by atoms with Crippen molar-refractivity contribution in [3.63, 3.8) is 0 Å². The molecule has 31 heavy (non-hydrogen) atoms. The van der Waals surface area contributed by atoms with Crippen molar-refractivity contribution in [3.05, 3.63) is 63.1 Å². The number of hydrogen-bond acceptors (Lipinski definition) is 3. The van der Waals surface area contributed by atoms with Gasteiger partial charge in [-0.1, -0.05) is 48.8 Å². The Balaban J connectivity index is 1.54. The van der Waals surface area contributed by atoms with Crippen LogP contribution in [0.25, 0.3) is 0 Å². The molecule has 5 heteroatoms. The van der Waals surface area contributed by atoms with Gasteiger partial charge < -0.3 is 14.6 Å². The molecule has 0 saturated heterocycles. The second-order valence-corrected chi connectivity index (χ2v) is 10.9. The first-order valence-electron chi connectivity index (χ1n) is 11.0. The third kappa shape index (κ3) is 4.27. The van der Waals surface area contributed by atoms with Crippen LogP contribution in [0.15, 0.2) is 40.9 Å². The van der Waals surface area contributed by atoms with E-state index in [-0.39, 0.29) is 22.9 Å². The smallest absolute Gasteiger partial charge is 0.307 e. The highest BCUT2D eigenvalue weighted by molar-refractivity contribution is 9.10. The number of rotatable bonds is 6. The number of carboxylic acids is 1. The van der Waals surface area contributed by atoms with Crippen molar-refractivity contribution in [2.45, 2.75) is 64.6 Å². The Hall–Kier alpha value is -1.85. The third-order valence-electron chi connectivity index (χ3n) is 6.83. The van der Waals surface area contributed by atoms with E-state index in [1.54, 1.807) is 7.11 Å².